The minimum Gasteiger partial charge on any atom is -0.369 e. The Hall–Kier alpha value is -1.13. The summed E-state index contributed by atoms with van der Waals surface area (Å²) in [5.41, 5.74) is 3.80. The molecule has 1 amide bonds. The van der Waals surface area contributed by atoms with Gasteiger partial charge in [-0.1, -0.05) is 38.0 Å². The van der Waals surface area contributed by atoms with Crippen LogP contribution in [0.15, 0.2) is 23.3 Å². The predicted octanol–water partition coefficient (Wildman–Crippen LogP) is 4.76. The van der Waals surface area contributed by atoms with Gasteiger partial charge in [-0.3, -0.25) is 4.79 Å². The molecular formula is C28H42N2O2. The summed E-state index contributed by atoms with van der Waals surface area (Å²) in [5.74, 6) is 2.61. The van der Waals surface area contributed by atoms with Crippen LogP contribution in [0.3, 0.4) is 0 Å². The molecule has 0 aromatic heterocycles. The number of carbonyl (C=O) groups is 1. The van der Waals surface area contributed by atoms with E-state index in [4.69, 9.17) is 4.74 Å². The molecule has 1 spiro atoms. The van der Waals surface area contributed by atoms with Crippen LogP contribution >= 0.6 is 0 Å². The number of hydrogen-bond acceptors (Lipinski definition) is 3. The lowest BCUT2D eigenvalue weighted by Crippen LogP contribution is -2.47. The van der Waals surface area contributed by atoms with Gasteiger partial charge in [0.05, 0.1) is 11.7 Å². The van der Waals surface area contributed by atoms with E-state index in [1.807, 2.05) is 6.08 Å². The van der Waals surface area contributed by atoms with Gasteiger partial charge in [0.25, 0.3) is 0 Å². The number of nitrogens with one attached hydrogen (secondary N) is 2. The van der Waals surface area contributed by atoms with Crippen molar-refractivity contribution in [2.75, 3.05) is 13.1 Å². The summed E-state index contributed by atoms with van der Waals surface area (Å²) in [7, 11) is 0. The molecule has 2 saturated carbocycles. The van der Waals surface area contributed by atoms with E-state index >= 15 is 0 Å². The number of piperidine rings is 1. The second-order valence-corrected chi connectivity index (χ2v) is 12.6. The van der Waals surface area contributed by atoms with Gasteiger partial charge in [-0.2, -0.15) is 0 Å². The monoisotopic (exact) mass is 438 g/mol. The van der Waals surface area contributed by atoms with Crippen molar-refractivity contribution in [1.82, 2.24) is 10.6 Å². The topological polar surface area (TPSA) is 50.4 Å². The second-order valence-electron chi connectivity index (χ2n) is 12.6. The van der Waals surface area contributed by atoms with E-state index in [2.05, 4.69) is 44.4 Å². The normalized spacial score (nSPS) is 52.6. The summed E-state index contributed by atoms with van der Waals surface area (Å²) in [6.45, 7) is 11.9. The van der Waals surface area contributed by atoms with Crippen LogP contribution in [0, 0.1) is 34.5 Å². The van der Waals surface area contributed by atoms with E-state index in [9.17, 15) is 4.79 Å². The molecule has 9 atom stereocenters. The number of hydrogen-bond donors (Lipinski definition) is 2. The van der Waals surface area contributed by atoms with E-state index < -0.39 is 0 Å². The lowest BCUT2D eigenvalue weighted by Gasteiger charge is -2.50. The molecule has 6 aliphatic rings. The Balaban J connectivity index is 1.35. The number of allylic oxidation sites excluding steroid dienone is 2. The zero-order valence-electron chi connectivity index (χ0n) is 20.5. The van der Waals surface area contributed by atoms with Crippen molar-refractivity contribution in [1.29, 1.82) is 0 Å². The zero-order valence-corrected chi connectivity index (χ0v) is 20.5. The van der Waals surface area contributed by atoms with Crippen molar-refractivity contribution < 1.29 is 9.53 Å². The Morgan fingerprint density at radius 3 is 2.78 bits per heavy atom. The average Bonchev–Trinajstić information content (AvgIpc) is 3.12. The Morgan fingerprint density at radius 1 is 1.12 bits per heavy atom. The van der Waals surface area contributed by atoms with Gasteiger partial charge in [0.15, 0.2) is 0 Å². The second kappa shape index (κ2) is 7.18. The Bertz CT molecular complexity index is 879. The van der Waals surface area contributed by atoms with Gasteiger partial charge in [0.2, 0.25) is 5.91 Å². The van der Waals surface area contributed by atoms with Crippen LogP contribution in [0.4, 0.5) is 0 Å². The molecule has 4 heteroatoms. The fraction of sp³-hybridized carbons (Fsp3) is 0.821. The fourth-order valence-electron chi connectivity index (χ4n) is 9.40. The van der Waals surface area contributed by atoms with Crippen molar-refractivity contribution in [2.45, 2.75) is 96.8 Å². The molecule has 2 saturated heterocycles. The molecule has 0 bridgehead atoms. The summed E-state index contributed by atoms with van der Waals surface area (Å²) >= 11 is 0. The Kier molecular flexibility index (Phi) is 4.81. The molecule has 0 aromatic rings. The lowest BCUT2D eigenvalue weighted by molar-refractivity contribution is -0.116. The van der Waals surface area contributed by atoms with Crippen molar-refractivity contribution >= 4 is 5.91 Å². The molecule has 3 aliphatic heterocycles. The van der Waals surface area contributed by atoms with Crippen LogP contribution in [0.1, 0.15) is 79.1 Å². The van der Waals surface area contributed by atoms with Crippen molar-refractivity contribution in [2.24, 2.45) is 34.5 Å². The van der Waals surface area contributed by atoms with Crippen LogP contribution < -0.4 is 10.6 Å². The minimum absolute atomic E-state index is 0.0201. The lowest BCUT2D eigenvalue weighted by atomic mass is 9.55. The summed E-state index contributed by atoms with van der Waals surface area (Å²) in [6, 6.07) is 0.538. The molecule has 0 aromatic carbocycles. The van der Waals surface area contributed by atoms with E-state index in [1.54, 1.807) is 11.1 Å². The number of ether oxygens (including phenoxy) is 1. The smallest absolute Gasteiger partial charge is 0.243 e. The SMILES string of the molecule is CC1=C2CC3C(CC[C@H]4CNC(=O)C=CC34C)C2(C)CCC2(C1)OC1CCCNC1C2C. The van der Waals surface area contributed by atoms with Gasteiger partial charge in [-0.25, -0.2) is 0 Å². The number of rotatable bonds is 0. The molecule has 3 aliphatic carbocycles. The third-order valence-electron chi connectivity index (χ3n) is 11.4. The molecular weight excluding hydrogens is 396 g/mol. The van der Waals surface area contributed by atoms with Gasteiger partial charge in [0.1, 0.15) is 0 Å². The van der Waals surface area contributed by atoms with Crippen LogP contribution in [-0.2, 0) is 9.53 Å². The number of carbonyl (C=O) groups excluding carboxylic acids is 1. The summed E-state index contributed by atoms with van der Waals surface area (Å²) < 4.78 is 6.98. The highest BCUT2D eigenvalue weighted by Crippen LogP contribution is 2.67. The van der Waals surface area contributed by atoms with Gasteiger partial charge in [-0.15, -0.1) is 0 Å². The van der Waals surface area contributed by atoms with E-state index in [0.717, 1.165) is 25.4 Å². The molecule has 176 valence electrons. The maximum Gasteiger partial charge on any atom is 0.243 e. The zero-order chi connectivity index (χ0) is 22.3. The van der Waals surface area contributed by atoms with Gasteiger partial charge < -0.3 is 15.4 Å². The third-order valence-corrected chi connectivity index (χ3v) is 11.4. The summed E-state index contributed by atoms with van der Waals surface area (Å²) in [5, 5.41) is 6.95. The average molecular weight is 439 g/mol. The first kappa shape index (κ1) is 21.4. The first-order valence-electron chi connectivity index (χ1n) is 13.3. The minimum atomic E-state index is 0.0201. The molecule has 2 N–H and O–H groups in total. The maximum absolute atomic E-state index is 12.1. The molecule has 4 fully saturated rings. The van der Waals surface area contributed by atoms with Gasteiger partial charge in [0, 0.05) is 18.5 Å². The van der Waals surface area contributed by atoms with E-state index in [-0.39, 0.29) is 22.3 Å². The van der Waals surface area contributed by atoms with Crippen LogP contribution in [0.2, 0.25) is 0 Å². The van der Waals surface area contributed by atoms with Crippen molar-refractivity contribution in [3.63, 3.8) is 0 Å². The number of fused-ring (bicyclic) bond motifs is 6. The van der Waals surface area contributed by atoms with Gasteiger partial charge in [-0.05, 0) is 99.5 Å². The Labute approximate surface area is 194 Å². The van der Waals surface area contributed by atoms with Crippen molar-refractivity contribution in [3.8, 4) is 0 Å². The molecule has 3 heterocycles. The fourth-order valence-corrected chi connectivity index (χ4v) is 9.40. The molecule has 6 rings (SSSR count). The summed E-state index contributed by atoms with van der Waals surface area (Å²) in [4.78, 5) is 12.1. The standard InChI is InChI=1S/C28H42N2O2/c1-17-15-28(18(2)25-23(32-28)6-5-13-29-25)12-11-27(4)20-8-7-19-16-30-24(31)9-10-26(19,3)22(20)14-21(17)27/h9-10,18-20,22-23,25,29H,5-8,11-16H2,1-4H3,(H,30,31)/t18?,19-,20?,22?,23?,25?,26?,27?,28?/m0/s1. The van der Waals surface area contributed by atoms with Crippen molar-refractivity contribution in [3.05, 3.63) is 23.3 Å². The highest BCUT2D eigenvalue weighted by Gasteiger charge is 2.61. The van der Waals surface area contributed by atoms with Crippen LogP contribution in [0.25, 0.3) is 0 Å². The Morgan fingerprint density at radius 2 is 1.97 bits per heavy atom. The third kappa shape index (κ3) is 2.84. The van der Waals surface area contributed by atoms with E-state index in [1.165, 1.54) is 44.9 Å². The van der Waals surface area contributed by atoms with E-state index in [0.29, 0.717) is 29.9 Å². The predicted molar refractivity (Wildman–Crippen MR) is 127 cm³/mol. The highest BCUT2D eigenvalue weighted by atomic mass is 16.5. The molecule has 32 heavy (non-hydrogen) atoms. The van der Waals surface area contributed by atoms with Crippen LogP contribution in [0.5, 0.6) is 0 Å². The molecule has 0 radical (unpaired) electrons. The molecule has 8 unspecified atom stereocenters. The molecule has 4 nitrogen and oxygen atoms in total. The first-order chi connectivity index (χ1) is 15.3. The first-order valence-corrected chi connectivity index (χ1v) is 13.3. The van der Waals surface area contributed by atoms with Gasteiger partial charge >= 0.3 is 0 Å². The highest BCUT2D eigenvalue weighted by molar-refractivity contribution is 5.87. The number of amides is 1. The quantitative estimate of drug-likeness (QED) is 0.536. The maximum atomic E-state index is 12.1. The largest absolute Gasteiger partial charge is 0.369 e. The summed E-state index contributed by atoms with van der Waals surface area (Å²) in [6.07, 6.45) is 14.3. The van der Waals surface area contributed by atoms with Crippen LogP contribution in [-0.4, -0.2) is 36.7 Å².